The molecule has 1 aliphatic rings. The van der Waals surface area contributed by atoms with Crippen molar-refractivity contribution < 1.29 is 4.74 Å². The van der Waals surface area contributed by atoms with Crippen LogP contribution in [0.5, 0.6) is 0 Å². The first-order chi connectivity index (χ1) is 11.8. The molecule has 4 rings (SSSR count). The lowest BCUT2D eigenvalue weighted by Gasteiger charge is -2.40. The number of rotatable bonds is 6. The van der Waals surface area contributed by atoms with E-state index in [1.165, 1.54) is 0 Å². The summed E-state index contributed by atoms with van der Waals surface area (Å²) in [5.74, 6) is 3.02. The molecule has 0 bridgehead atoms. The van der Waals surface area contributed by atoms with Crippen LogP contribution in [0, 0.1) is 5.92 Å². The van der Waals surface area contributed by atoms with E-state index in [1.54, 1.807) is 24.1 Å². The zero-order valence-corrected chi connectivity index (χ0v) is 13.3. The first-order valence-electron chi connectivity index (χ1n) is 7.78. The van der Waals surface area contributed by atoms with Gasteiger partial charge < -0.3 is 15.0 Å². The predicted octanol–water partition coefficient (Wildman–Crippen LogP) is 0.609. The van der Waals surface area contributed by atoms with Gasteiger partial charge in [-0.1, -0.05) is 0 Å². The molecule has 9 heteroatoms. The summed E-state index contributed by atoms with van der Waals surface area (Å²) in [6.45, 7) is 3.21. The van der Waals surface area contributed by atoms with E-state index in [-0.39, 0.29) is 0 Å². The van der Waals surface area contributed by atoms with Crippen molar-refractivity contribution in [1.29, 1.82) is 0 Å². The third-order valence-electron chi connectivity index (χ3n) is 3.98. The zero-order valence-electron chi connectivity index (χ0n) is 13.3. The first-order valence-corrected chi connectivity index (χ1v) is 7.78. The van der Waals surface area contributed by atoms with Crippen molar-refractivity contribution in [2.24, 2.45) is 5.92 Å². The van der Waals surface area contributed by atoms with Crippen molar-refractivity contribution >= 4 is 17.3 Å². The molecular formula is C15H18N8O. The Hall–Kier alpha value is -2.81. The van der Waals surface area contributed by atoms with E-state index in [1.807, 2.05) is 18.2 Å². The Morgan fingerprint density at radius 1 is 1.29 bits per heavy atom. The highest BCUT2D eigenvalue weighted by atomic mass is 16.5. The van der Waals surface area contributed by atoms with E-state index < -0.39 is 0 Å². The van der Waals surface area contributed by atoms with Gasteiger partial charge in [-0.25, -0.2) is 9.97 Å². The SMILES string of the molecule is COCc1nccc(NCC2CN(c3ccc4nncn4n3)C2)n1. The van der Waals surface area contributed by atoms with E-state index in [0.717, 1.165) is 36.9 Å². The fourth-order valence-corrected chi connectivity index (χ4v) is 2.72. The lowest BCUT2D eigenvalue weighted by molar-refractivity contribution is 0.178. The summed E-state index contributed by atoms with van der Waals surface area (Å²) in [5.41, 5.74) is 0.758. The summed E-state index contributed by atoms with van der Waals surface area (Å²) in [4.78, 5) is 10.8. The normalized spacial score (nSPS) is 14.8. The van der Waals surface area contributed by atoms with Crippen LogP contribution in [-0.2, 0) is 11.3 Å². The molecule has 1 fully saturated rings. The second-order valence-electron chi connectivity index (χ2n) is 5.77. The minimum atomic E-state index is 0.421. The number of hydrogen-bond donors (Lipinski definition) is 1. The molecule has 0 amide bonds. The first kappa shape index (κ1) is 14.8. The average molecular weight is 326 g/mol. The maximum absolute atomic E-state index is 5.05. The van der Waals surface area contributed by atoms with Gasteiger partial charge in [0.2, 0.25) is 0 Å². The molecular weight excluding hydrogens is 308 g/mol. The van der Waals surface area contributed by atoms with Crippen LogP contribution in [0.15, 0.2) is 30.7 Å². The molecule has 3 aromatic rings. The molecule has 0 saturated carbocycles. The van der Waals surface area contributed by atoms with E-state index in [2.05, 4.69) is 35.5 Å². The number of nitrogens with zero attached hydrogens (tertiary/aromatic N) is 7. The molecule has 3 aromatic heterocycles. The van der Waals surface area contributed by atoms with Gasteiger partial charge in [0.05, 0.1) is 0 Å². The zero-order chi connectivity index (χ0) is 16.4. The van der Waals surface area contributed by atoms with Crippen LogP contribution in [0.25, 0.3) is 5.65 Å². The molecule has 1 N–H and O–H groups in total. The lowest BCUT2D eigenvalue weighted by atomic mass is 10.0. The fraction of sp³-hybridized carbons (Fsp3) is 0.400. The molecule has 0 aromatic carbocycles. The van der Waals surface area contributed by atoms with Gasteiger partial charge in [-0.2, -0.15) is 4.52 Å². The summed E-state index contributed by atoms with van der Waals surface area (Å²) < 4.78 is 6.74. The molecule has 0 aliphatic carbocycles. The number of hydrogen-bond acceptors (Lipinski definition) is 8. The maximum Gasteiger partial charge on any atom is 0.177 e. The topological polar surface area (TPSA) is 93.4 Å². The minimum Gasteiger partial charge on any atom is -0.377 e. The summed E-state index contributed by atoms with van der Waals surface area (Å²) in [5, 5.41) is 15.7. The summed E-state index contributed by atoms with van der Waals surface area (Å²) in [6, 6.07) is 5.78. The van der Waals surface area contributed by atoms with E-state index in [0.29, 0.717) is 18.3 Å². The Morgan fingerprint density at radius 2 is 2.21 bits per heavy atom. The van der Waals surface area contributed by atoms with Crippen molar-refractivity contribution in [3.05, 3.63) is 36.5 Å². The third-order valence-corrected chi connectivity index (χ3v) is 3.98. The molecule has 0 radical (unpaired) electrons. The van der Waals surface area contributed by atoms with Gasteiger partial charge in [0, 0.05) is 38.9 Å². The van der Waals surface area contributed by atoms with Crippen LogP contribution in [0.1, 0.15) is 5.82 Å². The van der Waals surface area contributed by atoms with Crippen molar-refractivity contribution in [1.82, 2.24) is 29.8 Å². The van der Waals surface area contributed by atoms with Gasteiger partial charge >= 0.3 is 0 Å². The van der Waals surface area contributed by atoms with Crippen molar-refractivity contribution in [2.75, 3.05) is 37.0 Å². The molecule has 1 saturated heterocycles. The van der Waals surface area contributed by atoms with Crippen molar-refractivity contribution in [3.8, 4) is 0 Å². The van der Waals surface area contributed by atoms with Crippen LogP contribution in [0.4, 0.5) is 11.6 Å². The maximum atomic E-state index is 5.05. The Balaban J connectivity index is 1.30. The third kappa shape index (κ3) is 2.98. The highest BCUT2D eigenvalue weighted by Crippen LogP contribution is 2.22. The summed E-state index contributed by atoms with van der Waals surface area (Å²) in [6.07, 6.45) is 3.36. The Labute approximate surface area is 138 Å². The standard InChI is InChI=1S/C15H18N8O/c1-24-9-13-16-5-4-12(19-13)17-6-11-7-22(8-11)15-3-2-14-20-18-10-23(14)21-15/h2-5,10-11H,6-9H2,1H3,(H,16,17,19). The van der Waals surface area contributed by atoms with Gasteiger partial charge in [0.1, 0.15) is 24.6 Å². The number of fused-ring (bicyclic) bond motifs is 1. The molecule has 0 unspecified atom stereocenters. The van der Waals surface area contributed by atoms with E-state index in [4.69, 9.17) is 4.74 Å². The van der Waals surface area contributed by atoms with Crippen LogP contribution in [0.3, 0.4) is 0 Å². The van der Waals surface area contributed by atoms with Crippen molar-refractivity contribution in [2.45, 2.75) is 6.61 Å². The quantitative estimate of drug-likeness (QED) is 0.704. The predicted molar refractivity (Wildman–Crippen MR) is 87.7 cm³/mol. The van der Waals surface area contributed by atoms with Crippen LogP contribution < -0.4 is 10.2 Å². The smallest absolute Gasteiger partial charge is 0.177 e. The lowest BCUT2D eigenvalue weighted by Crippen LogP contribution is -2.50. The second kappa shape index (κ2) is 6.36. The number of ether oxygens (including phenoxy) is 1. The number of anilines is 2. The van der Waals surface area contributed by atoms with Gasteiger partial charge in [-0.3, -0.25) is 0 Å². The second-order valence-corrected chi connectivity index (χ2v) is 5.77. The Bertz CT molecular complexity index is 829. The van der Waals surface area contributed by atoms with Crippen LogP contribution in [0.2, 0.25) is 0 Å². The van der Waals surface area contributed by atoms with E-state index >= 15 is 0 Å². The molecule has 9 nitrogen and oxygen atoms in total. The van der Waals surface area contributed by atoms with Crippen LogP contribution in [-0.4, -0.2) is 56.5 Å². The minimum absolute atomic E-state index is 0.421. The number of methoxy groups -OCH3 is 1. The monoisotopic (exact) mass is 326 g/mol. The van der Waals surface area contributed by atoms with Crippen LogP contribution >= 0.6 is 0 Å². The van der Waals surface area contributed by atoms with Gasteiger partial charge in [-0.05, 0) is 18.2 Å². The summed E-state index contributed by atoms with van der Waals surface area (Å²) in [7, 11) is 1.64. The van der Waals surface area contributed by atoms with Crippen molar-refractivity contribution in [3.63, 3.8) is 0 Å². The molecule has 4 heterocycles. The highest BCUT2D eigenvalue weighted by Gasteiger charge is 2.27. The van der Waals surface area contributed by atoms with Gasteiger partial charge in [0.25, 0.3) is 0 Å². The Morgan fingerprint density at radius 3 is 3.08 bits per heavy atom. The summed E-state index contributed by atoms with van der Waals surface area (Å²) >= 11 is 0. The average Bonchev–Trinajstić information content (AvgIpc) is 3.02. The van der Waals surface area contributed by atoms with E-state index in [9.17, 15) is 0 Å². The largest absolute Gasteiger partial charge is 0.377 e. The Kier molecular flexibility index (Phi) is 3.91. The number of aromatic nitrogens is 6. The van der Waals surface area contributed by atoms with Gasteiger partial charge in [0.15, 0.2) is 11.5 Å². The molecule has 1 aliphatic heterocycles. The molecule has 0 spiro atoms. The molecule has 24 heavy (non-hydrogen) atoms. The fourth-order valence-electron chi connectivity index (χ4n) is 2.72. The molecule has 0 atom stereocenters. The molecule has 124 valence electrons. The highest BCUT2D eigenvalue weighted by molar-refractivity contribution is 5.47. The van der Waals surface area contributed by atoms with Gasteiger partial charge in [-0.15, -0.1) is 15.3 Å². The number of nitrogens with one attached hydrogen (secondary N) is 1.